The van der Waals surface area contributed by atoms with E-state index in [0.717, 1.165) is 0 Å². The monoisotopic (exact) mass is 201 g/mol. The van der Waals surface area contributed by atoms with Crippen LogP contribution < -0.4 is 5.32 Å². The average molecular weight is 201 g/mol. The molecule has 4 nitrogen and oxygen atoms in total. The van der Waals surface area contributed by atoms with Gasteiger partial charge in [-0.05, 0) is 27.8 Å². The molecule has 14 heavy (non-hydrogen) atoms. The third kappa shape index (κ3) is 2.77. The number of nitrogens with zero attached hydrogens (tertiary/aromatic N) is 2. The Labute approximate surface area is 82.9 Å². The Hall–Kier alpha value is -0.970. The molecule has 0 radical (unpaired) electrons. The zero-order valence-corrected chi connectivity index (χ0v) is 8.97. The van der Waals surface area contributed by atoms with Gasteiger partial charge in [0.15, 0.2) is 11.5 Å². The van der Waals surface area contributed by atoms with Crippen molar-refractivity contribution in [2.45, 2.75) is 38.9 Å². The first-order valence-corrected chi connectivity index (χ1v) is 4.62. The molecule has 0 saturated carbocycles. The van der Waals surface area contributed by atoms with E-state index < -0.39 is 5.67 Å². The summed E-state index contributed by atoms with van der Waals surface area (Å²) in [5.74, 6) is 0.573. The molecule has 0 saturated heterocycles. The normalized spacial score (nSPS) is 14.4. The molecule has 1 aromatic rings. The molecule has 80 valence electrons. The number of likely N-dealkylation sites (N-methyl/N-ethyl adjacent to an activating group) is 1. The summed E-state index contributed by atoms with van der Waals surface area (Å²) >= 11 is 0. The van der Waals surface area contributed by atoms with Crippen molar-refractivity contribution in [3.8, 4) is 0 Å². The molecule has 1 atom stereocenters. The number of aromatic nitrogens is 2. The van der Waals surface area contributed by atoms with Crippen LogP contribution in [-0.4, -0.2) is 23.2 Å². The quantitative estimate of drug-likeness (QED) is 0.800. The second-order valence-corrected chi connectivity index (χ2v) is 3.88. The fourth-order valence-electron chi connectivity index (χ4n) is 0.954. The van der Waals surface area contributed by atoms with Crippen molar-refractivity contribution in [1.82, 2.24) is 15.5 Å². The van der Waals surface area contributed by atoms with Crippen molar-refractivity contribution in [2.75, 3.05) is 7.05 Å². The van der Waals surface area contributed by atoms with Gasteiger partial charge in [0.1, 0.15) is 0 Å². The van der Waals surface area contributed by atoms with E-state index in [1.165, 1.54) is 13.8 Å². The Balaban J connectivity index is 2.69. The smallest absolute Gasteiger partial charge is 0.263 e. The topological polar surface area (TPSA) is 51.0 Å². The van der Waals surface area contributed by atoms with Crippen molar-refractivity contribution in [3.63, 3.8) is 0 Å². The van der Waals surface area contributed by atoms with Crippen molar-refractivity contribution in [2.24, 2.45) is 0 Å². The van der Waals surface area contributed by atoms with Gasteiger partial charge >= 0.3 is 0 Å². The summed E-state index contributed by atoms with van der Waals surface area (Å²) in [6.07, 6.45) is 0.635. The van der Waals surface area contributed by atoms with Crippen molar-refractivity contribution in [3.05, 3.63) is 11.7 Å². The largest absolute Gasteiger partial charge is 0.336 e. The second-order valence-electron chi connectivity index (χ2n) is 3.88. The highest BCUT2D eigenvalue weighted by molar-refractivity contribution is 4.96. The van der Waals surface area contributed by atoms with Gasteiger partial charge in [-0.15, -0.1) is 0 Å². The number of nitrogens with one attached hydrogen (secondary N) is 1. The molecule has 1 heterocycles. The van der Waals surface area contributed by atoms with Crippen LogP contribution in [0.5, 0.6) is 0 Å². The number of hydrogen-bond acceptors (Lipinski definition) is 4. The molecule has 0 bridgehead atoms. The number of rotatable bonds is 4. The lowest BCUT2D eigenvalue weighted by Gasteiger charge is -2.06. The van der Waals surface area contributed by atoms with Crippen LogP contribution in [0.15, 0.2) is 4.52 Å². The average Bonchev–Trinajstić information content (AvgIpc) is 2.51. The van der Waals surface area contributed by atoms with Gasteiger partial charge < -0.3 is 9.84 Å². The van der Waals surface area contributed by atoms with Crippen LogP contribution in [0, 0.1) is 0 Å². The maximum atomic E-state index is 13.3. The molecule has 0 fully saturated rings. The summed E-state index contributed by atoms with van der Waals surface area (Å²) in [6.45, 7) is 4.79. The minimum atomic E-state index is -1.56. The Bertz CT molecular complexity index is 292. The highest BCUT2D eigenvalue weighted by Crippen LogP contribution is 2.22. The molecule has 1 unspecified atom stereocenters. The molecule has 0 aliphatic carbocycles. The Morgan fingerprint density at radius 3 is 2.64 bits per heavy atom. The van der Waals surface area contributed by atoms with Gasteiger partial charge in [0.25, 0.3) is 5.89 Å². The van der Waals surface area contributed by atoms with E-state index in [9.17, 15) is 4.39 Å². The maximum Gasteiger partial charge on any atom is 0.263 e. The Kier molecular flexibility index (Phi) is 3.21. The van der Waals surface area contributed by atoms with E-state index in [-0.39, 0.29) is 11.9 Å². The lowest BCUT2D eigenvalue weighted by atomic mass is 10.2. The van der Waals surface area contributed by atoms with Gasteiger partial charge in [0.2, 0.25) is 0 Å². The van der Waals surface area contributed by atoms with E-state index in [0.29, 0.717) is 12.2 Å². The van der Waals surface area contributed by atoms with E-state index >= 15 is 0 Å². The minimum absolute atomic E-state index is 0.0378. The Morgan fingerprint density at radius 2 is 2.21 bits per heavy atom. The van der Waals surface area contributed by atoms with E-state index in [4.69, 9.17) is 4.52 Å². The maximum absolute atomic E-state index is 13.3. The van der Waals surface area contributed by atoms with Gasteiger partial charge in [0.05, 0.1) is 0 Å². The molecule has 1 aromatic heterocycles. The molecule has 1 N–H and O–H groups in total. The van der Waals surface area contributed by atoms with Gasteiger partial charge in [-0.25, -0.2) is 4.39 Å². The molecular formula is C9H16FN3O. The van der Waals surface area contributed by atoms with Crippen molar-refractivity contribution >= 4 is 0 Å². The Morgan fingerprint density at radius 1 is 1.57 bits per heavy atom. The van der Waals surface area contributed by atoms with Crippen LogP contribution in [0.25, 0.3) is 0 Å². The zero-order valence-electron chi connectivity index (χ0n) is 8.97. The first-order chi connectivity index (χ1) is 6.43. The van der Waals surface area contributed by atoms with Crippen molar-refractivity contribution < 1.29 is 8.91 Å². The summed E-state index contributed by atoms with van der Waals surface area (Å²) in [7, 11) is 1.85. The third-order valence-electron chi connectivity index (χ3n) is 1.96. The first-order valence-electron chi connectivity index (χ1n) is 4.62. The van der Waals surface area contributed by atoms with Gasteiger partial charge in [-0.3, -0.25) is 0 Å². The van der Waals surface area contributed by atoms with Crippen LogP contribution >= 0.6 is 0 Å². The third-order valence-corrected chi connectivity index (χ3v) is 1.96. The van der Waals surface area contributed by atoms with Crippen LogP contribution in [0.1, 0.15) is 32.5 Å². The van der Waals surface area contributed by atoms with Crippen LogP contribution in [0.3, 0.4) is 0 Å². The van der Waals surface area contributed by atoms with E-state index in [2.05, 4.69) is 15.5 Å². The van der Waals surface area contributed by atoms with E-state index in [1.54, 1.807) is 0 Å². The predicted octanol–water partition coefficient (Wildman–Crippen LogP) is 1.42. The summed E-state index contributed by atoms with van der Waals surface area (Å²) in [5, 5.41) is 6.75. The fraction of sp³-hybridized carbons (Fsp3) is 0.778. The summed E-state index contributed by atoms with van der Waals surface area (Å²) < 4.78 is 18.2. The number of hydrogen-bond donors (Lipinski definition) is 1. The van der Waals surface area contributed by atoms with Gasteiger partial charge in [-0.2, -0.15) is 4.98 Å². The standard InChI is InChI=1S/C9H16FN3O/c1-6(11-4)5-7-12-8(14-13-7)9(2,3)10/h6,11H,5H2,1-4H3. The minimum Gasteiger partial charge on any atom is -0.336 e. The highest BCUT2D eigenvalue weighted by Gasteiger charge is 2.26. The zero-order chi connectivity index (χ0) is 10.8. The fourth-order valence-corrected chi connectivity index (χ4v) is 0.954. The molecule has 0 aromatic carbocycles. The van der Waals surface area contributed by atoms with Gasteiger partial charge in [-0.1, -0.05) is 5.16 Å². The van der Waals surface area contributed by atoms with E-state index in [1.807, 2.05) is 14.0 Å². The van der Waals surface area contributed by atoms with Crippen LogP contribution in [-0.2, 0) is 12.1 Å². The van der Waals surface area contributed by atoms with Gasteiger partial charge in [0, 0.05) is 12.5 Å². The molecule has 0 aliphatic heterocycles. The molecular weight excluding hydrogens is 185 g/mol. The number of halogens is 1. The second kappa shape index (κ2) is 4.04. The lowest BCUT2D eigenvalue weighted by Crippen LogP contribution is -2.24. The summed E-state index contributed by atoms with van der Waals surface area (Å²) in [6, 6.07) is 0.253. The highest BCUT2D eigenvalue weighted by atomic mass is 19.1. The molecule has 0 aliphatic rings. The molecule has 0 spiro atoms. The SMILES string of the molecule is CNC(C)Cc1noc(C(C)(C)F)n1. The first kappa shape index (κ1) is 11.1. The molecule has 0 amide bonds. The van der Waals surface area contributed by atoms with Crippen molar-refractivity contribution in [1.29, 1.82) is 0 Å². The number of alkyl halides is 1. The molecule has 1 rings (SSSR count). The summed E-state index contributed by atoms with van der Waals surface area (Å²) in [5.41, 5.74) is -1.56. The van der Waals surface area contributed by atoms with Crippen LogP contribution in [0.4, 0.5) is 4.39 Å². The van der Waals surface area contributed by atoms with Crippen LogP contribution in [0.2, 0.25) is 0 Å². The predicted molar refractivity (Wildman–Crippen MR) is 50.7 cm³/mol. The lowest BCUT2D eigenvalue weighted by molar-refractivity contribution is 0.155. The molecule has 5 heteroatoms. The summed E-state index contributed by atoms with van der Waals surface area (Å²) in [4.78, 5) is 3.98.